The number of unbranched alkanes of at least 4 members (excludes halogenated alkanes) is 2. The monoisotopic (exact) mass is 557 g/mol. The molecule has 0 aliphatic carbocycles. The third kappa shape index (κ3) is 5.35. The average molecular weight is 558 g/mol. The SMILES string of the molecule is C=c1c(CCCC)cc2c(c1CCCC)Oc1cc(N)ccc1C=2c1ccc(S(=O)(=O)O)cc1S(=O)(=O)O. The van der Waals surface area contributed by atoms with Crippen molar-refractivity contribution in [2.24, 2.45) is 0 Å². The predicted octanol–water partition coefficient (Wildman–Crippen LogP) is 4.21. The highest BCUT2D eigenvalue weighted by Gasteiger charge is 2.29. The van der Waals surface area contributed by atoms with Crippen LogP contribution in [0.25, 0.3) is 12.2 Å². The Bertz CT molecular complexity index is 1740. The second-order valence-electron chi connectivity index (χ2n) is 9.42. The topological polar surface area (TPSA) is 144 Å². The van der Waals surface area contributed by atoms with Gasteiger partial charge in [-0.15, -0.1) is 0 Å². The van der Waals surface area contributed by atoms with Gasteiger partial charge in [0.15, 0.2) is 0 Å². The largest absolute Gasteiger partial charge is 0.456 e. The molecule has 4 rings (SSSR count). The summed E-state index contributed by atoms with van der Waals surface area (Å²) in [6.45, 7) is 8.53. The van der Waals surface area contributed by atoms with Gasteiger partial charge in [-0.3, -0.25) is 9.11 Å². The molecular formula is C28H31NO7S2. The van der Waals surface area contributed by atoms with E-state index in [-0.39, 0.29) is 5.56 Å². The molecule has 0 spiro atoms. The van der Waals surface area contributed by atoms with Gasteiger partial charge >= 0.3 is 0 Å². The van der Waals surface area contributed by atoms with Crippen LogP contribution in [-0.4, -0.2) is 25.9 Å². The van der Waals surface area contributed by atoms with E-state index in [1.54, 1.807) is 18.2 Å². The second-order valence-corrected chi connectivity index (χ2v) is 12.2. The predicted molar refractivity (Wildman–Crippen MR) is 147 cm³/mol. The number of aryl methyl sites for hydroxylation is 1. The highest BCUT2D eigenvalue weighted by atomic mass is 32.2. The summed E-state index contributed by atoms with van der Waals surface area (Å²) in [7, 11) is -9.64. The summed E-state index contributed by atoms with van der Waals surface area (Å²) >= 11 is 0. The molecule has 4 N–H and O–H groups in total. The third-order valence-corrected chi connectivity index (χ3v) is 8.47. The number of nitrogens with two attached hydrogens (primary N) is 1. The minimum absolute atomic E-state index is 0.0650. The highest BCUT2D eigenvalue weighted by Crippen LogP contribution is 2.40. The molecule has 0 amide bonds. The molecule has 10 heteroatoms. The first-order valence-electron chi connectivity index (χ1n) is 12.4. The number of rotatable bonds is 9. The van der Waals surface area contributed by atoms with Crippen molar-refractivity contribution in [2.75, 3.05) is 5.73 Å². The van der Waals surface area contributed by atoms with Crippen molar-refractivity contribution < 1.29 is 30.7 Å². The van der Waals surface area contributed by atoms with Crippen molar-refractivity contribution in [3.8, 4) is 11.5 Å². The van der Waals surface area contributed by atoms with E-state index in [2.05, 4.69) is 20.4 Å². The van der Waals surface area contributed by atoms with E-state index in [1.807, 2.05) is 6.07 Å². The molecule has 1 aliphatic rings. The van der Waals surface area contributed by atoms with Crippen LogP contribution in [0.4, 0.5) is 5.69 Å². The molecule has 1 heterocycles. The van der Waals surface area contributed by atoms with E-state index >= 15 is 0 Å². The summed E-state index contributed by atoms with van der Waals surface area (Å²) in [4.78, 5) is -1.30. The lowest BCUT2D eigenvalue weighted by Crippen LogP contribution is -2.27. The van der Waals surface area contributed by atoms with Gasteiger partial charge < -0.3 is 10.5 Å². The van der Waals surface area contributed by atoms with Crippen LogP contribution in [0.15, 0.2) is 52.3 Å². The third-order valence-electron chi connectivity index (χ3n) is 6.72. The van der Waals surface area contributed by atoms with Gasteiger partial charge in [-0.2, -0.15) is 16.8 Å². The van der Waals surface area contributed by atoms with Crippen LogP contribution in [0.2, 0.25) is 0 Å². The van der Waals surface area contributed by atoms with Gasteiger partial charge in [0.05, 0.1) is 4.90 Å². The van der Waals surface area contributed by atoms with Crippen molar-refractivity contribution >= 4 is 38.1 Å². The van der Waals surface area contributed by atoms with E-state index in [4.69, 9.17) is 10.5 Å². The Labute approximate surface area is 223 Å². The van der Waals surface area contributed by atoms with Gasteiger partial charge in [0.2, 0.25) is 0 Å². The quantitative estimate of drug-likeness (QED) is 0.205. The maximum absolute atomic E-state index is 12.5. The fraction of sp³-hybridized carbons (Fsp3) is 0.286. The molecule has 8 nitrogen and oxygen atoms in total. The van der Waals surface area contributed by atoms with Crippen LogP contribution in [0.3, 0.4) is 0 Å². The van der Waals surface area contributed by atoms with E-state index in [0.717, 1.165) is 60.6 Å². The fourth-order valence-corrected chi connectivity index (χ4v) is 6.09. The molecule has 0 fully saturated rings. The van der Waals surface area contributed by atoms with Crippen molar-refractivity contribution in [3.05, 3.63) is 75.2 Å². The molecule has 0 radical (unpaired) electrons. The lowest BCUT2D eigenvalue weighted by molar-refractivity contribution is 0.463. The number of benzene rings is 3. The first kappa shape index (κ1) is 27.8. The molecule has 0 atom stereocenters. The van der Waals surface area contributed by atoms with Crippen LogP contribution >= 0.6 is 0 Å². The number of hydrogen-bond donors (Lipinski definition) is 3. The highest BCUT2D eigenvalue weighted by molar-refractivity contribution is 7.86. The standard InChI is InChI=1S/C28H31NO7S2/c1-4-6-8-18-14-24-27(23-13-11-20(37(30,31)32)16-26(23)38(33,34)35)22-12-10-19(29)15-25(22)36-28(24)21(17(18)3)9-7-5-2/h10-16H,3-9,29H2,1-2H3,(H,30,31,32)(H,33,34,35). The van der Waals surface area contributed by atoms with Gasteiger partial charge in [0.1, 0.15) is 16.4 Å². The molecule has 3 aromatic rings. The van der Waals surface area contributed by atoms with Crippen LogP contribution < -0.4 is 20.9 Å². The van der Waals surface area contributed by atoms with E-state index in [1.165, 1.54) is 6.07 Å². The normalized spacial score (nSPS) is 13.1. The van der Waals surface area contributed by atoms with Gasteiger partial charge in [-0.1, -0.05) is 39.3 Å². The zero-order chi connectivity index (χ0) is 27.8. The summed E-state index contributed by atoms with van der Waals surface area (Å²) in [6, 6.07) is 10.0. The Balaban J connectivity index is 2.22. The van der Waals surface area contributed by atoms with Crippen LogP contribution in [0.1, 0.15) is 61.8 Å². The Morgan fingerprint density at radius 3 is 2.16 bits per heavy atom. The molecule has 0 aromatic heterocycles. The number of anilines is 1. The fourth-order valence-electron chi connectivity index (χ4n) is 4.79. The number of ether oxygens (including phenoxy) is 1. The van der Waals surface area contributed by atoms with E-state index in [9.17, 15) is 25.9 Å². The first-order valence-corrected chi connectivity index (χ1v) is 15.3. The van der Waals surface area contributed by atoms with Gasteiger partial charge in [-0.05, 0) is 66.8 Å². The Morgan fingerprint density at radius 2 is 1.53 bits per heavy atom. The number of nitrogen functional groups attached to an aromatic ring is 1. The van der Waals surface area contributed by atoms with Gasteiger partial charge in [0.25, 0.3) is 20.2 Å². The maximum atomic E-state index is 12.5. The first-order chi connectivity index (χ1) is 17.9. The van der Waals surface area contributed by atoms with Crippen molar-refractivity contribution in [1.82, 2.24) is 0 Å². The molecule has 0 saturated carbocycles. The zero-order valence-corrected chi connectivity index (χ0v) is 23.0. The van der Waals surface area contributed by atoms with Crippen LogP contribution in [-0.2, 0) is 33.1 Å². The second kappa shape index (κ2) is 10.5. The lowest BCUT2D eigenvalue weighted by Gasteiger charge is -2.25. The van der Waals surface area contributed by atoms with Gasteiger partial charge in [0, 0.05) is 39.2 Å². The Kier molecular flexibility index (Phi) is 7.72. The minimum atomic E-state index is -4.91. The molecular weight excluding hydrogens is 526 g/mol. The van der Waals surface area contributed by atoms with Crippen molar-refractivity contribution in [2.45, 2.75) is 62.2 Å². The van der Waals surface area contributed by atoms with E-state index < -0.39 is 30.0 Å². The molecule has 38 heavy (non-hydrogen) atoms. The van der Waals surface area contributed by atoms with Crippen molar-refractivity contribution in [1.29, 1.82) is 0 Å². The number of hydrogen-bond acceptors (Lipinski definition) is 6. The molecule has 1 aliphatic heterocycles. The van der Waals surface area contributed by atoms with E-state index in [0.29, 0.717) is 40.0 Å². The maximum Gasteiger partial charge on any atom is 0.295 e. The Morgan fingerprint density at radius 1 is 0.868 bits per heavy atom. The smallest absolute Gasteiger partial charge is 0.295 e. The minimum Gasteiger partial charge on any atom is -0.456 e. The lowest BCUT2D eigenvalue weighted by atomic mass is 9.88. The molecule has 0 unspecified atom stereocenters. The summed E-state index contributed by atoms with van der Waals surface area (Å²) in [5.74, 6) is 0.919. The summed E-state index contributed by atoms with van der Waals surface area (Å²) in [5, 5.41) is 1.48. The summed E-state index contributed by atoms with van der Waals surface area (Å²) in [5.41, 5.74) is 9.42. The van der Waals surface area contributed by atoms with Crippen molar-refractivity contribution in [3.63, 3.8) is 0 Å². The van der Waals surface area contributed by atoms with Gasteiger partial charge in [-0.25, -0.2) is 0 Å². The number of fused-ring (bicyclic) bond motifs is 2. The average Bonchev–Trinajstić information content (AvgIpc) is 2.84. The summed E-state index contributed by atoms with van der Waals surface area (Å²) < 4.78 is 74.7. The van der Waals surface area contributed by atoms with Crippen LogP contribution in [0, 0.1) is 0 Å². The molecule has 3 aromatic carbocycles. The molecule has 0 saturated heterocycles. The van der Waals surface area contributed by atoms with Crippen LogP contribution in [0.5, 0.6) is 11.5 Å². The zero-order valence-electron chi connectivity index (χ0n) is 21.3. The molecule has 202 valence electrons. The Hall–Kier alpha value is -3.18. The summed E-state index contributed by atoms with van der Waals surface area (Å²) in [6.07, 6.45) is 5.18. The molecule has 0 bridgehead atoms.